The second-order valence-corrected chi connectivity index (χ2v) is 9.85. The lowest BCUT2D eigenvalue weighted by atomic mass is 9.61. The summed E-state index contributed by atoms with van der Waals surface area (Å²) in [4.78, 5) is 23.7. The molecule has 2 bridgehead atoms. The van der Waals surface area contributed by atoms with Crippen LogP contribution in [0.5, 0.6) is 0 Å². The van der Waals surface area contributed by atoms with Gasteiger partial charge in [-0.2, -0.15) is 13.2 Å². The Bertz CT molecular complexity index is 1540. The smallest absolute Gasteiger partial charge is 0.416 e. The van der Waals surface area contributed by atoms with E-state index in [1.54, 1.807) is 0 Å². The molecule has 0 unspecified atom stereocenters. The van der Waals surface area contributed by atoms with Gasteiger partial charge in [-0.3, -0.25) is 4.79 Å². The number of aliphatic carboxylic acids is 1. The number of fused-ring (bicyclic) bond motifs is 5. The van der Waals surface area contributed by atoms with Crippen LogP contribution in [0.25, 0.3) is 33.2 Å². The molecule has 0 spiro atoms. The summed E-state index contributed by atoms with van der Waals surface area (Å²) in [6.07, 6.45) is 0.0850. The zero-order valence-corrected chi connectivity index (χ0v) is 19.2. The summed E-state index contributed by atoms with van der Waals surface area (Å²) in [7, 11) is 0. The summed E-state index contributed by atoms with van der Waals surface area (Å²) in [5, 5.41) is 13.6. The molecule has 192 valence electrons. The highest BCUT2D eigenvalue weighted by Gasteiger charge is 2.47. The molecule has 6 nitrogen and oxygen atoms in total. The fourth-order valence-corrected chi connectivity index (χ4v) is 6.05. The van der Waals surface area contributed by atoms with Crippen LogP contribution in [0.15, 0.2) is 36.5 Å². The summed E-state index contributed by atoms with van der Waals surface area (Å²) in [5.74, 6) is -3.02. The van der Waals surface area contributed by atoms with E-state index < -0.39 is 41.3 Å². The number of alkyl halides is 3. The van der Waals surface area contributed by atoms with Gasteiger partial charge in [0.1, 0.15) is 17.5 Å². The second kappa shape index (κ2) is 8.39. The second-order valence-electron chi connectivity index (χ2n) is 9.85. The van der Waals surface area contributed by atoms with Gasteiger partial charge in [0.2, 0.25) is 0 Å². The zero-order chi connectivity index (χ0) is 26.1. The van der Waals surface area contributed by atoms with Gasteiger partial charge in [-0.05, 0) is 61.8 Å². The lowest BCUT2D eigenvalue weighted by Gasteiger charge is -2.47. The van der Waals surface area contributed by atoms with Crippen LogP contribution in [0.2, 0.25) is 0 Å². The van der Waals surface area contributed by atoms with Gasteiger partial charge in [-0.1, -0.05) is 0 Å². The van der Waals surface area contributed by atoms with Crippen LogP contribution >= 0.6 is 0 Å². The van der Waals surface area contributed by atoms with Gasteiger partial charge >= 0.3 is 12.1 Å². The molecule has 0 saturated heterocycles. The van der Waals surface area contributed by atoms with E-state index in [1.165, 1.54) is 12.3 Å². The van der Waals surface area contributed by atoms with Crippen LogP contribution < -0.4 is 5.32 Å². The number of nitrogens with zero attached hydrogens (tertiary/aromatic N) is 2. The van der Waals surface area contributed by atoms with E-state index in [0.29, 0.717) is 5.39 Å². The van der Waals surface area contributed by atoms with Crippen LogP contribution in [-0.4, -0.2) is 32.1 Å². The first-order valence-electron chi connectivity index (χ1n) is 11.9. The Kier molecular flexibility index (Phi) is 5.36. The summed E-state index contributed by atoms with van der Waals surface area (Å²) in [6, 6.07) is 4.43. The minimum Gasteiger partial charge on any atom is -0.481 e. The standard InChI is InChI=1S/C26H21F5N4O2/c27-14-8-16-17(10-32-22(16)18(28)9-14)24-33-19-7-13(26(29,30)31)5-6-15(19)23(35-24)34-21-12-3-1-11(2-4-12)20(21)25(36)37/h5-12,20-21,32H,1-4H2,(H,36,37)(H,33,34,35)/t11?,12?,20-,21-/m0/s1. The maximum Gasteiger partial charge on any atom is 0.416 e. The molecule has 2 heterocycles. The average Bonchev–Trinajstić information content (AvgIpc) is 3.27. The molecule has 37 heavy (non-hydrogen) atoms. The third kappa shape index (κ3) is 3.96. The average molecular weight is 516 g/mol. The molecule has 4 aromatic rings. The Morgan fingerprint density at radius 2 is 1.73 bits per heavy atom. The van der Waals surface area contributed by atoms with E-state index in [9.17, 15) is 31.9 Å². The van der Waals surface area contributed by atoms with Crippen molar-refractivity contribution in [1.82, 2.24) is 15.0 Å². The third-order valence-electron chi connectivity index (χ3n) is 7.78. The van der Waals surface area contributed by atoms with Gasteiger partial charge < -0.3 is 15.4 Å². The van der Waals surface area contributed by atoms with Crippen molar-refractivity contribution < 1.29 is 31.9 Å². The molecule has 2 aromatic carbocycles. The van der Waals surface area contributed by atoms with Crippen molar-refractivity contribution in [2.75, 3.05) is 5.32 Å². The zero-order valence-electron chi connectivity index (χ0n) is 19.2. The molecule has 7 rings (SSSR count). The number of carboxylic acids is 1. The van der Waals surface area contributed by atoms with Crippen molar-refractivity contribution >= 4 is 33.6 Å². The number of hydrogen-bond donors (Lipinski definition) is 3. The number of hydrogen-bond acceptors (Lipinski definition) is 4. The van der Waals surface area contributed by atoms with Crippen LogP contribution in [0.3, 0.4) is 0 Å². The Labute approximate surface area is 206 Å². The van der Waals surface area contributed by atoms with Crippen molar-refractivity contribution in [3.8, 4) is 11.4 Å². The van der Waals surface area contributed by atoms with Crippen molar-refractivity contribution in [1.29, 1.82) is 0 Å². The summed E-state index contributed by atoms with van der Waals surface area (Å²) in [5.41, 5.74) is -0.724. The van der Waals surface area contributed by atoms with Gasteiger partial charge in [-0.25, -0.2) is 18.7 Å². The highest BCUT2D eigenvalue weighted by molar-refractivity contribution is 5.97. The molecule has 3 aliphatic carbocycles. The fraction of sp³-hybridized carbons (Fsp3) is 0.346. The topological polar surface area (TPSA) is 90.9 Å². The van der Waals surface area contributed by atoms with Crippen molar-refractivity contribution in [3.05, 3.63) is 53.7 Å². The molecule has 2 atom stereocenters. The Hall–Kier alpha value is -3.76. The van der Waals surface area contributed by atoms with Gasteiger partial charge in [0.05, 0.1) is 22.5 Å². The predicted octanol–water partition coefficient (Wildman–Crippen LogP) is 6.38. The normalized spacial score (nSPS) is 23.6. The number of rotatable bonds is 4. The number of anilines is 1. The van der Waals surface area contributed by atoms with E-state index in [-0.39, 0.29) is 45.5 Å². The minimum atomic E-state index is -4.61. The Balaban J connectivity index is 1.53. The van der Waals surface area contributed by atoms with Crippen molar-refractivity contribution in [2.24, 2.45) is 17.8 Å². The van der Waals surface area contributed by atoms with E-state index in [1.807, 2.05) is 0 Å². The molecule has 0 aliphatic heterocycles. The summed E-state index contributed by atoms with van der Waals surface area (Å²) < 4.78 is 68.8. The molecule has 0 radical (unpaired) electrons. The lowest BCUT2D eigenvalue weighted by Crippen LogP contribution is -2.51. The number of aromatic nitrogens is 3. The van der Waals surface area contributed by atoms with Crippen LogP contribution in [0, 0.1) is 29.4 Å². The monoisotopic (exact) mass is 516 g/mol. The minimum absolute atomic E-state index is 0.00368. The number of benzene rings is 2. The number of aromatic amines is 1. The van der Waals surface area contributed by atoms with E-state index in [4.69, 9.17) is 0 Å². The van der Waals surface area contributed by atoms with Crippen molar-refractivity contribution in [3.63, 3.8) is 0 Å². The molecule has 3 saturated carbocycles. The maximum atomic E-state index is 14.3. The highest BCUT2D eigenvalue weighted by atomic mass is 19.4. The van der Waals surface area contributed by atoms with Crippen LogP contribution in [-0.2, 0) is 11.0 Å². The summed E-state index contributed by atoms with van der Waals surface area (Å²) >= 11 is 0. The molecular weight excluding hydrogens is 495 g/mol. The Morgan fingerprint density at radius 1 is 1.00 bits per heavy atom. The number of carboxylic acid groups (broad SMARTS) is 1. The first-order chi connectivity index (χ1) is 17.6. The van der Waals surface area contributed by atoms with E-state index in [0.717, 1.165) is 49.9 Å². The number of nitrogens with one attached hydrogen (secondary N) is 2. The van der Waals surface area contributed by atoms with E-state index >= 15 is 0 Å². The molecule has 0 amide bonds. The summed E-state index contributed by atoms with van der Waals surface area (Å²) in [6.45, 7) is 0. The molecule has 2 aromatic heterocycles. The molecule has 3 N–H and O–H groups in total. The molecule has 11 heteroatoms. The number of carbonyl (C=O) groups is 1. The van der Waals surface area contributed by atoms with Crippen LogP contribution in [0.1, 0.15) is 31.2 Å². The van der Waals surface area contributed by atoms with E-state index in [2.05, 4.69) is 20.3 Å². The highest BCUT2D eigenvalue weighted by Crippen LogP contribution is 2.47. The lowest BCUT2D eigenvalue weighted by molar-refractivity contribution is -0.148. The maximum absolute atomic E-state index is 14.3. The molecular formula is C26H21F5N4O2. The molecule has 3 aliphatic rings. The first kappa shape index (κ1) is 23.6. The SMILES string of the molecule is O=C(O)[C@H]1C2CCC(CC2)[C@@H]1Nc1nc(-c2c[nH]c3c(F)cc(F)cc23)nc2cc(C(F)(F)F)ccc12. The van der Waals surface area contributed by atoms with Crippen molar-refractivity contribution in [2.45, 2.75) is 37.9 Å². The first-order valence-corrected chi connectivity index (χ1v) is 11.9. The Morgan fingerprint density at radius 3 is 2.43 bits per heavy atom. The predicted molar refractivity (Wildman–Crippen MR) is 126 cm³/mol. The van der Waals surface area contributed by atoms with Gasteiger partial charge in [-0.15, -0.1) is 0 Å². The van der Waals surface area contributed by atoms with Gasteiger partial charge in [0.15, 0.2) is 5.82 Å². The number of H-pyrrole nitrogens is 1. The van der Waals surface area contributed by atoms with Gasteiger partial charge in [0, 0.05) is 34.6 Å². The van der Waals surface area contributed by atoms with Crippen LogP contribution in [0.4, 0.5) is 27.8 Å². The quantitative estimate of drug-likeness (QED) is 0.274. The van der Waals surface area contributed by atoms with Gasteiger partial charge in [0.25, 0.3) is 0 Å². The fourth-order valence-electron chi connectivity index (χ4n) is 6.05. The number of halogens is 5. The molecule has 3 fully saturated rings. The largest absolute Gasteiger partial charge is 0.481 e. The third-order valence-corrected chi connectivity index (χ3v) is 7.78.